The highest BCUT2D eigenvalue weighted by atomic mass is 16.5. The van der Waals surface area contributed by atoms with E-state index in [0.29, 0.717) is 31.2 Å². The number of rotatable bonds is 7. The molecule has 3 nitrogen and oxygen atoms in total. The van der Waals surface area contributed by atoms with E-state index in [1.165, 1.54) is 25.7 Å². The molecule has 0 spiro atoms. The SMILES string of the molecule is CC(C)OCCOCC1CCCCC1CN. The molecular formula is C13H27NO2. The summed E-state index contributed by atoms with van der Waals surface area (Å²) in [5, 5.41) is 0. The summed E-state index contributed by atoms with van der Waals surface area (Å²) in [6.45, 7) is 7.20. The minimum absolute atomic E-state index is 0.301. The van der Waals surface area contributed by atoms with Crippen LogP contribution in [0.5, 0.6) is 0 Å². The third-order valence-electron chi connectivity index (χ3n) is 3.38. The van der Waals surface area contributed by atoms with Crippen LogP contribution < -0.4 is 5.73 Å². The smallest absolute Gasteiger partial charge is 0.0703 e. The fourth-order valence-electron chi connectivity index (χ4n) is 2.39. The predicted molar refractivity (Wildman–Crippen MR) is 66.4 cm³/mol. The second-order valence-corrected chi connectivity index (χ2v) is 5.03. The molecule has 0 aromatic rings. The summed E-state index contributed by atoms with van der Waals surface area (Å²) in [5.74, 6) is 1.36. The van der Waals surface area contributed by atoms with E-state index in [1.807, 2.05) is 13.8 Å². The fourth-order valence-corrected chi connectivity index (χ4v) is 2.39. The van der Waals surface area contributed by atoms with E-state index in [1.54, 1.807) is 0 Å². The van der Waals surface area contributed by atoms with Gasteiger partial charge >= 0.3 is 0 Å². The molecule has 0 saturated heterocycles. The van der Waals surface area contributed by atoms with Crippen LogP contribution in [0, 0.1) is 11.8 Å². The normalized spacial score (nSPS) is 26.2. The second-order valence-electron chi connectivity index (χ2n) is 5.03. The average Bonchev–Trinajstić information content (AvgIpc) is 2.29. The van der Waals surface area contributed by atoms with Gasteiger partial charge in [-0.2, -0.15) is 0 Å². The van der Waals surface area contributed by atoms with Gasteiger partial charge in [-0.15, -0.1) is 0 Å². The Morgan fingerprint density at radius 2 is 1.81 bits per heavy atom. The molecule has 0 aliphatic heterocycles. The Kier molecular flexibility index (Phi) is 7.01. The summed E-state index contributed by atoms with van der Waals surface area (Å²) in [5.41, 5.74) is 5.78. The first-order valence-corrected chi connectivity index (χ1v) is 6.63. The predicted octanol–water partition coefficient (Wildman–Crippen LogP) is 2.19. The van der Waals surface area contributed by atoms with Gasteiger partial charge in [-0.25, -0.2) is 0 Å². The van der Waals surface area contributed by atoms with Gasteiger partial charge in [0.1, 0.15) is 0 Å². The zero-order valence-electron chi connectivity index (χ0n) is 10.8. The van der Waals surface area contributed by atoms with E-state index in [4.69, 9.17) is 15.2 Å². The molecule has 16 heavy (non-hydrogen) atoms. The van der Waals surface area contributed by atoms with Gasteiger partial charge in [0.25, 0.3) is 0 Å². The summed E-state index contributed by atoms with van der Waals surface area (Å²) >= 11 is 0. The lowest BCUT2D eigenvalue weighted by Gasteiger charge is -2.30. The molecule has 0 aromatic heterocycles. The zero-order chi connectivity index (χ0) is 11.8. The quantitative estimate of drug-likeness (QED) is 0.681. The lowest BCUT2D eigenvalue weighted by Crippen LogP contribution is -2.30. The maximum Gasteiger partial charge on any atom is 0.0703 e. The largest absolute Gasteiger partial charge is 0.379 e. The van der Waals surface area contributed by atoms with Gasteiger partial charge in [0, 0.05) is 6.61 Å². The second kappa shape index (κ2) is 8.04. The van der Waals surface area contributed by atoms with Crippen LogP contribution in [0.1, 0.15) is 39.5 Å². The van der Waals surface area contributed by atoms with Gasteiger partial charge in [-0.3, -0.25) is 0 Å². The minimum Gasteiger partial charge on any atom is -0.379 e. The molecule has 2 unspecified atom stereocenters. The van der Waals surface area contributed by atoms with Crippen LogP contribution in [0.25, 0.3) is 0 Å². The molecule has 0 aromatic carbocycles. The van der Waals surface area contributed by atoms with E-state index in [-0.39, 0.29) is 0 Å². The topological polar surface area (TPSA) is 44.5 Å². The van der Waals surface area contributed by atoms with Gasteiger partial charge in [-0.05, 0) is 45.1 Å². The molecule has 0 bridgehead atoms. The Morgan fingerprint density at radius 1 is 1.12 bits per heavy atom. The highest BCUT2D eigenvalue weighted by Crippen LogP contribution is 2.29. The van der Waals surface area contributed by atoms with Gasteiger partial charge < -0.3 is 15.2 Å². The molecule has 1 saturated carbocycles. The van der Waals surface area contributed by atoms with Gasteiger partial charge in [0.2, 0.25) is 0 Å². The summed E-state index contributed by atoms with van der Waals surface area (Å²) in [4.78, 5) is 0. The van der Waals surface area contributed by atoms with Crippen molar-refractivity contribution < 1.29 is 9.47 Å². The first kappa shape index (κ1) is 13.9. The Balaban J connectivity index is 2.06. The van der Waals surface area contributed by atoms with Crippen molar-refractivity contribution in [1.29, 1.82) is 0 Å². The Hall–Kier alpha value is -0.120. The van der Waals surface area contributed by atoms with Gasteiger partial charge in [0.05, 0.1) is 19.3 Å². The molecule has 0 heterocycles. The Morgan fingerprint density at radius 3 is 2.44 bits per heavy atom. The van der Waals surface area contributed by atoms with Crippen molar-refractivity contribution in [2.45, 2.75) is 45.6 Å². The lowest BCUT2D eigenvalue weighted by atomic mass is 9.80. The van der Waals surface area contributed by atoms with Crippen LogP contribution in [0.3, 0.4) is 0 Å². The average molecular weight is 229 g/mol. The minimum atomic E-state index is 0.301. The van der Waals surface area contributed by atoms with E-state index < -0.39 is 0 Å². The first-order chi connectivity index (χ1) is 7.74. The van der Waals surface area contributed by atoms with Crippen LogP contribution in [-0.2, 0) is 9.47 Å². The van der Waals surface area contributed by atoms with Crippen LogP contribution in [0.15, 0.2) is 0 Å². The molecule has 1 rings (SSSR count). The molecule has 1 aliphatic rings. The number of ether oxygens (including phenoxy) is 2. The fraction of sp³-hybridized carbons (Fsp3) is 1.00. The van der Waals surface area contributed by atoms with Crippen molar-refractivity contribution in [2.24, 2.45) is 17.6 Å². The first-order valence-electron chi connectivity index (χ1n) is 6.63. The molecule has 96 valence electrons. The van der Waals surface area contributed by atoms with Crippen LogP contribution in [0.2, 0.25) is 0 Å². The maximum absolute atomic E-state index is 5.78. The van der Waals surface area contributed by atoms with Crippen molar-refractivity contribution in [3.8, 4) is 0 Å². The third-order valence-corrected chi connectivity index (χ3v) is 3.38. The molecule has 1 fully saturated rings. The van der Waals surface area contributed by atoms with E-state index in [2.05, 4.69) is 0 Å². The van der Waals surface area contributed by atoms with E-state index in [0.717, 1.165) is 13.2 Å². The summed E-state index contributed by atoms with van der Waals surface area (Å²) in [7, 11) is 0. The lowest BCUT2D eigenvalue weighted by molar-refractivity contribution is -0.00141. The van der Waals surface area contributed by atoms with Crippen molar-refractivity contribution in [2.75, 3.05) is 26.4 Å². The van der Waals surface area contributed by atoms with Crippen molar-refractivity contribution in [3.63, 3.8) is 0 Å². The Bertz CT molecular complexity index is 173. The Labute approximate surface area is 99.7 Å². The highest BCUT2D eigenvalue weighted by molar-refractivity contribution is 4.75. The number of nitrogens with two attached hydrogens (primary N) is 1. The highest BCUT2D eigenvalue weighted by Gasteiger charge is 2.23. The molecule has 3 heteroatoms. The van der Waals surface area contributed by atoms with E-state index in [9.17, 15) is 0 Å². The van der Waals surface area contributed by atoms with Gasteiger partial charge in [0.15, 0.2) is 0 Å². The van der Waals surface area contributed by atoms with E-state index >= 15 is 0 Å². The van der Waals surface area contributed by atoms with Crippen molar-refractivity contribution >= 4 is 0 Å². The van der Waals surface area contributed by atoms with Gasteiger partial charge in [-0.1, -0.05) is 12.8 Å². The van der Waals surface area contributed by atoms with Crippen LogP contribution >= 0.6 is 0 Å². The molecule has 0 amide bonds. The number of hydrogen-bond acceptors (Lipinski definition) is 3. The van der Waals surface area contributed by atoms with Crippen LogP contribution in [0.4, 0.5) is 0 Å². The summed E-state index contributed by atoms with van der Waals surface area (Å²) < 4.78 is 11.1. The summed E-state index contributed by atoms with van der Waals surface area (Å²) in [6, 6.07) is 0. The molecule has 1 aliphatic carbocycles. The van der Waals surface area contributed by atoms with Crippen molar-refractivity contribution in [3.05, 3.63) is 0 Å². The number of hydrogen-bond donors (Lipinski definition) is 1. The standard InChI is InChI=1S/C13H27NO2/c1-11(2)16-8-7-15-10-13-6-4-3-5-12(13)9-14/h11-13H,3-10,14H2,1-2H3. The molecular weight excluding hydrogens is 202 g/mol. The maximum atomic E-state index is 5.78. The molecule has 2 N–H and O–H groups in total. The van der Waals surface area contributed by atoms with Crippen molar-refractivity contribution in [1.82, 2.24) is 0 Å². The zero-order valence-corrected chi connectivity index (χ0v) is 10.8. The van der Waals surface area contributed by atoms with Crippen LogP contribution in [-0.4, -0.2) is 32.5 Å². The molecule has 0 radical (unpaired) electrons. The molecule has 2 atom stereocenters. The third kappa shape index (κ3) is 5.28. The monoisotopic (exact) mass is 229 g/mol. The summed E-state index contributed by atoms with van der Waals surface area (Å²) in [6.07, 6.45) is 5.55.